The van der Waals surface area contributed by atoms with Crippen molar-refractivity contribution in [1.82, 2.24) is 4.90 Å². The summed E-state index contributed by atoms with van der Waals surface area (Å²) >= 11 is 0. The molecular weight excluding hydrogens is 330 g/mol. The van der Waals surface area contributed by atoms with Crippen molar-refractivity contribution in [2.24, 2.45) is 0 Å². The smallest absolute Gasteiger partial charge is 0.290 e. The SMILES string of the molecule is CCC(=O)C1=C(O)C(=O)N(C2CCCC2)C1c1cccc(OC(C)C)c1. The molecule has 0 bridgehead atoms. The van der Waals surface area contributed by atoms with Gasteiger partial charge in [0.15, 0.2) is 11.5 Å². The number of aliphatic hydroxyl groups is 1. The molecule has 2 aliphatic rings. The zero-order chi connectivity index (χ0) is 18.8. The molecule has 1 heterocycles. The molecule has 1 N–H and O–H groups in total. The average molecular weight is 357 g/mol. The van der Waals surface area contributed by atoms with Crippen LogP contribution in [0.4, 0.5) is 0 Å². The second kappa shape index (κ2) is 7.52. The lowest BCUT2D eigenvalue weighted by Gasteiger charge is -2.32. The molecule has 1 unspecified atom stereocenters. The highest BCUT2D eigenvalue weighted by atomic mass is 16.5. The first-order valence-corrected chi connectivity index (χ1v) is 9.49. The number of ether oxygens (including phenoxy) is 1. The third-order valence-electron chi connectivity index (χ3n) is 5.13. The molecule has 1 amide bonds. The van der Waals surface area contributed by atoms with Gasteiger partial charge in [-0.05, 0) is 44.4 Å². The Kier molecular flexibility index (Phi) is 5.35. The monoisotopic (exact) mass is 357 g/mol. The fourth-order valence-corrected chi connectivity index (χ4v) is 4.01. The van der Waals surface area contributed by atoms with Gasteiger partial charge in [0.1, 0.15) is 5.75 Å². The van der Waals surface area contributed by atoms with Crippen LogP contribution in [0, 0.1) is 0 Å². The summed E-state index contributed by atoms with van der Waals surface area (Å²) < 4.78 is 5.78. The predicted molar refractivity (Wildman–Crippen MR) is 99.0 cm³/mol. The lowest BCUT2D eigenvalue weighted by Crippen LogP contribution is -2.38. The van der Waals surface area contributed by atoms with Gasteiger partial charge in [-0.3, -0.25) is 9.59 Å². The lowest BCUT2D eigenvalue weighted by molar-refractivity contribution is -0.131. The van der Waals surface area contributed by atoms with Gasteiger partial charge in [-0.15, -0.1) is 0 Å². The molecule has 1 saturated carbocycles. The van der Waals surface area contributed by atoms with E-state index in [-0.39, 0.29) is 35.7 Å². The Bertz CT molecular complexity index is 731. The van der Waals surface area contributed by atoms with Crippen molar-refractivity contribution in [2.45, 2.75) is 71.1 Å². The van der Waals surface area contributed by atoms with E-state index in [4.69, 9.17) is 4.74 Å². The molecular formula is C21H27NO4. The van der Waals surface area contributed by atoms with Crippen molar-refractivity contribution in [3.8, 4) is 5.75 Å². The maximum Gasteiger partial charge on any atom is 0.290 e. The molecule has 1 aliphatic heterocycles. The second-order valence-electron chi connectivity index (χ2n) is 7.33. The Labute approximate surface area is 154 Å². The molecule has 1 aromatic rings. The summed E-state index contributed by atoms with van der Waals surface area (Å²) in [6, 6.07) is 7.04. The molecule has 1 aromatic carbocycles. The molecule has 5 nitrogen and oxygen atoms in total. The van der Waals surface area contributed by atoms with Crippen LogP contribution < -0.4 is 4.74 Å². The van der Waals surface area contributed by atoms with Gasteiger partial charge in [-0.1, -0.05) is 31.9 Å². The zero-order valence-corrected chi connectivity index (χ0v) is 15.7. The van der Waals surface area contributed by atoms with Crippen LogP contribution >= 0.6 is 0 Å². The van der Waals surface area contributed by atoms with E-state index in [0.29, 0.717) is 5.75 Å². The number of carbonyl (C=O) groups is 2. The van der Waals surface area contributed by atoms with Gasteiger partial charge in [-0.25, -0.2) is 0 Å². The fourth-order valence-electron chi connectivity index (χ4n) is 4.01. The quantitative estimate of drug-likeness (QED) is 0.833. The van der Waals surface area contributed by atoms with Gasteiger partial charge in [-0.2, -0.15) is 0 Å². The number of Topliss-reactive ketones (excluding diaryl/α,β-unsaturated/α-hetero) is 1. The average Bonchev–Trinajstić information content (AvgIpc) is 3.21. The van der Waals surface area contributed by atoms with Crippen LogP contribution in [0.2, 0.25) is 0 Å². The third kappa shape index (κ3) is 3.35. The van der Waals surface area contributed by atoms with Crippen molar-refractivity contribution in [3.63, 3.8) is 0 Å². The maximum atomic E-state index is 12.8. The Hall–Kier alpha value is -2.30. The lowest BCUT2D eigenvalue weighted by atomic mass is 9.94. The van der Waals surface area contributed by atoms with E-state index in [2.05, 4.69) is 0 Å². The fraction of sp³-hybridized carbons (Fsp3) is 0.524. The molecule has 3 rings (SSSR count). The second-order valence-corrected chi connectivity index (χ2v) is 7.33. The molecule has 0 aromatic heterocycles. The number of aliphatic hydroxyl groups excluding tert-OH is 1. The van der Waals surface area contributed by atoms with Gasteiger partial charge in [0.2, 0.25) is 0 Å². The summed E-state index contributed by atoms with van der Waals surface area (Å²) in [5, 5.41) is 10.5. The van der Waals surface area contributed by atoms with Gasteiger partial charge in [0.05, 0.1) is 17.7 Å². The Morgan fingerprint density at radius 2 is 2.00 bits per heavy atom. The minimum atomic E-state index is -0.534. The molecule has 0 saturated heterocycles. The molecule has 0 spiro atoms. The van der Waals surface area contributed by atoms with Crippen LogP contribution in [0.3, 0.4) is 0 Å². The number of nitrogens with zero attached hydrogens (tertiary/aromatic N) is 1. The summed E-state index contributed by atoms with van der Waals surface area (Å²) in [7, 11) is 0. The summed E-state index contributed by atoms with van der Waals surface area (Å²) in [6.45, 7) is 5.66. The first-order valence-electron chi connectivity index (χ1n) is 9.49. The largest absolute Gasteiger partial charge is 0.503 e. The number of ketones is 1. The van der Waals surface area contributed by atoms with Gasteiger partial charge in [0, 0.05) is 12.5 Å². The first-order chi connectivity index (χ1) is 12.4. The van der Waals surface area contributed by atoms with Crippen LogP contribution in [0.1, 0.15) is 64.5 Å². The number of benzene rings is 1. The summed E-state index contributed by atoms with van der Waals surface area (Å²) in [5.41, 5.74) is 1.04. The van der Waals surface area contributed by atoms with Crippen molar-refractivity contribution >= 4 is 11.7 Å². The number of hydrogen-bond donors (Lipinski definition) is 1. The van der Waals surface area contributed by atoms with Crippen LogP contribution in [-0.2, 0) is 9.59 Å². The highest BCUT2D eigenvalue weighted by Gasteiger charge is 2.46. The van der Waals surface area contributed by atoms with Crippen molar-refractivity contribution < 1.29 is 19.4 Å². The van der Waals surface area contributed by atoms with E-state index in [1.54, 1.807) is 11.8 Å². The number of hydrogen-bond acceptors (Lipinski definition) is 4. The van der Waals surface area contributed by atoms with Gasteiger partial charge >= 0.3 is 0 Å². The number of rotatable bonds is 6. The van der Waals surface area contributed by atoms with E-state index >= 15 is 0 Å². The summed E-state index contributed by atoms with van der Waals surface area (Å²) in [6.07, 6.45) is 4.23. The highest BCUT2D eigenvalue weighted by molar-refractivity contribution is 6.09. The van der Waals surface area contributed by atoms with E-state index in [1.807, 2.05) is 38.1 Å². The molecule has 140 valence electrons. The maximum absolute atomic E-state index is 12.8. The molecule has 1 atom stereocenters. The van der Waals surface area contributed by atoms with E-state index in [9.17, 15) is 14.7 Å². The number of amides is 1. The minimum Gasteiger partial charge on any atom is -0.503 e. The summed E-state index contributed by atoms with van der Waals surface area (Å²) in [4.78, 5) is 27.1. The zero-order valence-electron chi connectivity index (χ0n) is 15.7. The third-order valence-corrected chi connectivity index (χ3v) is 5.13. The topological polar surface area (TPSA) is 66.8 Å². The van der Waals surface area contributed by atoms with E-state index in [0.717, 1.165) is 31.2 Å². The molecule has 1 aliphatic carbocycles. The number of carbonyl (C=O) groups excluding carboxylic acids is 2. The van der Waals surface area contributed by atoms with Gasteiger partial charge in [0.25, 0.3) is 5.91 Å². The molecule has 5 heteroatoms. The standard InChI is InChI=1S/C21H27NO4/c1-4-17(23)18-19(14-8-7-11-16(12-14)26-13(2)3)22(21(25)20(18)24)15-9-5-6-10-15/h7-8,11-13,15,19,24H,4-6,9-10H2,1-3H3. The van der Waals surface area contributed by atoms with Crippen molar-refractivity contribution in [1.29, 1.82) is 0 Å². The van der Waals surface area contributed by atoms with Crippen molar-refractivity contribution in [3.05, 3.63) is 41.2 Å². The minimum absolute atomic E-state index is 0.0297. The molecule has 0 radical (unpaired) electrons. The molecule has 26 heavy (non-hydrogen) atoms. The Morgan fingerprint density at radius 3 is 2.62 bits per heavy atom. The Balaban J connectivity index is 2.05. The predicted octanol–water partition coefficient (Wildman–Crippen LogP) is 4.09. The van der Waals surface area contributed by atoms with Crippen LogP contribution in [0.15, 0.2) is 35.6 Å². The molecule has 1 fully saturated rings. The van der Waals surface area contributed by atoms with E-state index in [1.165, 1.54) is 0 Å². The first kappa shape index (κ1) is 18.5. The Morgan fingerprint density at radius 1 is 1.31 bits per heavy atom. The van der Waals surface area contributed by atoms with Crippen LogP contribution in [0.5, 0.6) is 5.75 Å². The van der Waals surface area contributed by atoms with Gasteiger partial charge < -0.3 is 14.7 Å². The normalized spacial score (nSPS) is 21.2. The highest BCUT2D eigenvalue weighted by Crippen LogP contribution is 2.43. The van der Waals surface area contributed by atoms with Crippen LogP contribution in [0.25, 0.3) is 0 Å². The van der Waals surface area contributed by atoms with Crippen LogP contribution in [-0.4, -0.2) is 33.8 Å². The summed E-state index contributed by atoms with van der Waals surface area (Å²) in [5.74, 6) is -0.291. The van der Waals surface area contributed by atoms with Crippen molar-refractivity contribution in [2.75, 3.05) is 0 Å². The van der Waals surface area contributed by atoms with E-state index < -0.39 is 11.9 Å².